The Hall–Kier alpha value is -4.34. The maximum Gasteiger partial charge on any atom is 0.389 e. The van der Waals surface area contributed by atoms with Crippen LogP contribution in [0.5, 0.6) is 11.5 Å². The molecule has 2 rings (SSSR count). The van der Waals surface area contributed by atoms with E-state index in [1.165, 1.54) is 30.3 Å². The number of ether oxygens (including phenoxy) is 4. The predicted molar refractivity (Wildman–Crippen MR) is 170 cm³/mol. The van der Waals surface area contributed by atoms with Gasteiger partial charge in [-0.3, -0.25) is 0 Å². The maximum atomic E-state index is 12.4. The fourth-order valence-corrected chi connectivity index (χ4v) is 3.19. The van der Waals surface area contributed by atoms with Crippen LogP contribution in [0.1, 0.15) is 82.1 Å². The zero-order chi connectivity index (χ0) is 34.1. The van der Waals surface area contributed by atoms with Crippen molar-refractivity contribution < 1.29 is 46.5 Å². The molecule has 0 aliphatic rings. The molecule has 0 amide bonds. The molecular formula is C35H45F3O7. The van der Waals surface area contributed by atoms with Crippen LogP contribution in [0.4, 0.5) is 13.2 Å². The second-order valence-corrected chi connectivity index (χ2v) is 9.29. The van der Waals surface area contributed by atoms with Crippen LogP contribution in [0.15, 0.2) is 79.4 Å². The summed E-state index contributed by atoms with van der Waals surface area (Å²) in [5.74, 6) is -0.823. The number of esters is 3. The Balaban J connectivity index is 0.00000364. The molecule has 0 aromatic heterocycles. The molecule has 0 saturated heterocycles. The first-order valence-corrected chi connectivity index (χ1v) is 14.8. The van der Waals surface area contributed by atoms with E-state index in [9.17, 15) is 27.6 Å². The molecule has 0 aliphatic heterocycles. The summed E-state index contributed by atoms with van der Waals surface area (Å²) in [5.41, 5.74) is 1.32. The highest BCUT2D eigenvalue weighted by Crippen LogP contribution is 2.22. The van der Waals surface area contributed by atoms with Crippen molar-refractivity contribution in [3.63, 3.8) is 0 Å². The second kappa shape index (κ2) is 24.0. The Labute approximate surface area is 264 Å². The number of benzene rings is 2. The van der Waals surface area contributed by atoms with E-state index in [1.807, 2.05) is 20.8 Å². The van der Waals surface area contributed by atoms with Crippen molar-refractivity contribution in [3.8, 4) is 11.5 Å². The Morgan fingerprint density at radius 2 is 1.33 bits per heavy atom. The average molecular weight is 635 g/mol. The lowest BCUT2D eigenvalue weighted by molar-refractivity contribution is -0.139. The van der Waals surface area contributed by atoms with E-state index in [4.69, 9.17) is 18.9 Å². The normalized spacial score (nSPS) is 10.4. The van der Waals surface area contributed by atoms with Crippen LogP contribution in [0, 0.1) is 0 Å². The smallest absolute Gasteiger partial charge is 0.389 e. The lowest BCUT2D eigenvalue weighted by Crippen LogP contribution is -2.10. The molecule has 2 aromatic rings. The van der Waals surface area contributed by atoms with E-state index in [1.54, 1.807) is 43.3 Å². The molecule has 0 spiro atoms. The van der Waals surface area contributed by atoms with Crippen molar-refractivity contribution in [2.75, 3.05) is 19.8 Å². The highest BCUT2D eigenvalue weighted by molar-refractivity contribution is 5.91. The van der Waals surface area contributed by atoms with E-state index in [0.29, 0.717) is 35.7 Å². The lowest BCUT2D eigenvalue weighted by atomic mass is 10.2. The van der Waals surface area contributed by atoms with Crippen LogP contribution in [-0.4, -0.2) is 43.9 Å². The van der Waals surface area contributed by atoms with Gasteiger partial charge in [0.1, 0.15) is 11.5 Å². The minimum absolute atomic E-state index is 0.0837. The van der Waals surface area contributed by atoms with Gasteiger partial charge in [-0.25, -0.2) is 14.4 Å². The van der Waals surface area contributed by atoms with Crippen molar-refractivity contribution in [1.82, 2.24) is 0 Å². The number of carbonyl (C=O) groups is 3. The van der Waals surface area contributed by atoms with Crippen LogP contribution < -0.4 is 9.47 Å². The first-order valence-electron chi connectivity index (χ1n) is 14.8. The third kappa shape index (κ3) is 21.1. The number of unbranched alkanes of at least 4 members (excludes halogenated alkanes) is 3. The highest BCUT2D eigenvalue weighted by Gasteiger charge is 2.26. The van der Waals surface area contributed by atoms with Crippen molar-refractivity contribution >= 4 is 24.0 Å². The van der Waals surface area contributed by atoms with E-state index in [-0.39, 0.29) is 25.2 Å². The molecule has 248 valence electrons. The van der Waals surface area contributed by atoms with Gasteiger partial charge in [0, 0.05) is 18.1 Å². The molecule has 0 aliphatic carbocycles. The highest BCUT2D eigenvalue weighted by atomic mass is 19.4. The molecule has 45 heavy (non-hydrogen) atoms. The molecule has 0 fully saturated rings. The van der Waals surface area contributed by atoms with Gasteiger partial charge in [-0.2, -0.15) is 13.2 Å². The molecule has 2 aromatic carbocycles. The summed E-state index contributed by atoms with van der Waals surface area (Å²) in [7, 11) is 0. The summed E-state index contributed by atoms with van der Waals surface area (Å²) in [5, 5.41) is 0. The fourth-order valence-electron chi connectivity index (χ4n) is 3.19. The molecule has 10 heteroatoms. The van der Waals surface area contributed by atoms with Gasteiger partial charge in [-0.1, -0.05) is 38.6 Å². The summed E-state index contributed by atoms with van der Waals surface area (Å²) in [6.45, 7) is 14.9. The molecule has 0 heterocycles. The van der Waals surface area contributed by atoms with Crippen LogP contribution >= 0.6 is 0 Å². The molecular weight excluding hydrogens is 589 g/mol. The van der Waals surface area contributed by atoms with Gasteiger partial charge >= 0.3 is 24.1 Å². The Kier molecular flexibility index (Phi) is 21.7. The van der Waals surface area contributed by atoms with Crippen LogP contribution in [-0.2, 0) is 19.1 Å². The quantitative estimate of drug-likeness (QED) is 0.0598. The minimum Gasteiger partial charge on any atom is -0.494 e. The number of hydrogen-bond acceptors (Lipinski definition) is 7. The Morgan fingerprint density at radius 1 is 0.800 bits per heavy atom. The first kappa shape index (κ1) is 40.7. The van der Waals surface area contributed by atoms with Crippen molar-refractivity contribution in [3.05, 3.63) is 90.5 Å². The maximum absolute atomic E-state index is 12.4. The molecule has 7 nitrogen and oxygen atoms in total. The summed E-state index contributed by atoms with van der Waals surface area (Å²) in [6.07, 6.45) is 2.47. The SMILES string of the molecule is C=C(C)C(=O)OCCCCCCOC(=O)/C=C/c1ccc(OC(=O)c2ccc(OCCCC(F)(F)F)cc2)cc1.C=CC.CC. The topological polar surface area (TPSA) is 88.1 Å². The lowest BCUT2D eigenvalue weighted by Gasteiger charge is -2.09. The minimum atomic E-state index is -4.22. The van der Waals surface area contributed by atoms with Gasteiger partial charge in [0.15, 0.2) is 0 Å². The van der Waals surface area contributed by atoms with Gasteiger partial charge in [0.25, 0.3) is 0 Å². The van der Waals surface area contributed by atoms with Crippen LogP contribution in [0.2, 0.25) is 0 Å². The number of alkyl halides is 3. The second-order valence-electron chi connectivity index (χ2n) is 9.29. The fraction of sp³-hybridized carbons (Fsp3) is 0.400. The van der Waals surface area contributed by atoms with Gasteiger partial charge in [-0.15, -0.1) is 6.58 Å². The third-order valence-corrected chi connectivity index (χ3v) is 5.33. The van der Waals surface area contributed by atoms with Gasteiger partial charge in [0.2, 0.25) is 0 Å². The molecule has 0 saturated carbocycles. The van der Waals surface area contributed by atoms with Gasteiger partial charge in [-0.05, 0) is 94.0 Å². The van der Waals surface area contributed by atoms with E-state index < -0.39 is 30.5 Å². The van der Waals surface area contributed by atoms with E-state index in [0.717, 1.165) is 19.3 Å². The summed E-state index contributed by atoms with van der Waals surface area (Å²) in [6, 6.07) is 12.4. The monoisotopic (exact) mass is 634 g/mol. The van der Waals surface area contributed by atoms with E-state index >= 15 is 0 Å². The summed E-state index contributed by atoms with van der Waals surface area (Å²) < 4.78 is 57.3. The summed E-state index contributed by atoms with van der Waals surface area (Å²) in [4.78, 5) is 35.5. The standard InChI is InChI=1S/C30H33F3O7.C3H6.C2H6/c1-22(2)28(35)39-20-6-4-3-5-19-38-27(34)17-10-23-8-13-26(14-9-23)40-29(36)24-11-15-25(16-12-24)37-21-7-18-30(31,32)33;1-3-2;1-2/h8-17H,1,3-7,18-21H2,2H3;3H,1H2,2H3;1-2H3/b17-10+;;. The van der Waals surface area contributed by atoms with Crippen LogP contribution in [0.25, 0.3) is 6.08 Å². The molecule has 0 N–H and O–H groups in total. The number of hydrogen-bond donors (Lipinski definition) is 0. The first-order chi connectivity index (χ1) is 21.4. The third-order valence-electron chi connectivity index (χ3n) is 5.33. The number of carbonyl (C=O) groups excluding carboxylic acids is 3. The Morgan fingerprint density at radius 3 is 1.87 bits per heavy atom. The van der Waals surface area contributed by atoms with Crippen LogP contribution in [0.3, 0.4) is 0 Å². The van der Waals surface area contributed by atoms with Gasteiger partial charge < -0.3 is 18.9 Å². The zero-order valence-electron chi connectivity index (χ0n) is 26.6. The average Bonchev–Trinajstić information content (AvgIpc) is 3.01. The molecule has 0 bridgehead atoms. The molecule has 0 unspecified atom stereocenters. The van der Waals surface area contributed by atoms with E-state index in [2.05, 4.69) is 13.2 Å². The number of halogens is 3. The molecule has 0 radical (unpaired) electrons. The predicted octanol–water partition coefficient (Wildman–Crippen LogP) is 9.08. The van der Waals surface area contributed by atoms with Crippen molar-refractivity contribution in [2.24, 2.45) is 0 Å². The number of rotatable bonds is 16. The molecule has 0 atom stereocenters. The van der Waals surface area contributed by atoms with Gasteiger partial charge in [0.05, 0.1) is 25.4 Å². The van der Waals surface area contributed by atoms with Crippen molar-refractivity contribution in [2.45, 2.75) is 72.4 Å². The largest absolute Gasteiger partial charge is 0.494 e. The number of allylic oxidation sites excluding steroid dienone is 1. The Bertz CT molecular complexity index is 1190. The zero-order valence-corrected chi connectivity index (χ0v) is 26.6. The van der Waals surface area contributed by atoms with Crippen molar-refractivity contribution in [1.29, 1.82) is 0 Å². The summed E-state index contributed by atoms with van der Waals surface area (Å²) >= 11 is 0.